The third-order valence-electron chi connectivity index (χ3n) is 5.16. The molecule has 0 radical (unpaired) electrons. The summed E-state index contributed by atoms with van der Waals surface area (Å²) < 4.78 is 52.8. The van der Waals surface area contributed by atoms with Crippen molar-refractivity contribution in [2.24, 2.45) is 0 Å². The van der Waals surface area contributed by atoms with Crippen LogP contribution in [0, 0.1) is 19.7 Å². The molecule has 0 bridgehead atoms. The Labute approximate surface area is 171 Å². The van der Waals surface area contributed by atoms with Crippen LogP contribution in [-0.4, -0.2) is 53.3 Å². The van der Waals surface area contributed by atoms with E-state index in [1.165, 1.54) is 12.1 Å². The standard InChI is InChI=1S/C21H27FN2O4S/c1-15-12-19(13-16(2)21(15)27-3)29(25,26)23-14-20(24-8-10-28-11-9-24)17-4-6-18(22)7-5-17/h4-7,12-13,20,23H,8-11,14H2,1-3H3. The lowest BCUT2D eigenvalue weighted by atomic mass is 10.0. The van der Waals surface area contributed by atoms with Gasteiger partial charge in [-0.2, -0.15) is 0 Å². The summed E-state index contributed by atoms with van der Waals surface area (Å²) in [6.07, 6.45) is 0. The van der Waals surface area contributed by atoms with Crippen LogP contribution in [0.5, 0.6) is 5.75 Å². The first-order valence-corrected chi connectivity index (χ1v) is 11.0. The van der Waals surface area contributed by atoms with E-state index in [2.05, 4.69) is 9.62 Å². The zero-order valence-electron chi connectivity index (χ0n) is 16.9. The second-order valence-corrected chi connectivity index (χ2v) is 8.92. The predicted molar refractivity (Wildman–Crippen MR) is 109 cm³/mol. The van der Waals surface area contributed by atoms with Gasteiger partial charge in [-0.25, -0.2) is 17.5 Å². The highest BCUT2D eigenvalue weighted by atomic mass is 32.2. The van der Waals surface area contributed by atoms with Gasteiger partial charge in [0.15, 0.2) is 0 Å². The van der Waals surface area contributed by atoms with Crippen LogP contribution in [0.25, 0.3) is 0 Å². The second-order valence-electron chi connectivity index (χ2n) is 7.16. The number of morpholine rings is 1. The SMILES string of the molecule is COc1c(C)cc(S(=O)(=O)NCC(c2ccc(F)cc2)N2CCOCC2)cc1C. The van der Waals surface area contributed by atoms with Crippen LogP contribution in [0.1, 0.15) is 22.7 Å². The van der Waals surface area contributed by atoms with Crippen LogP contribution >= 0.6 is 0 Å². The fourth-order valence-electron chi connectivity index (χ4n) is 3.69. The van der Waals surface area contributed by atoms with Crippen LogP contribution < -0.4 is 9.46 Å². The van der Waals surface area contributed by atoms with Crippen molar-refractivity contribution in [2.45, 2.75) is 24.8 Å². The molecule has 0 spiro atoms. The van der Waals surface area contributed by atoms with Gasteiger partial charge >= 0.3 is 0 Å². The summed E-state index contributed by atoms with van der Waals surface area (Å²) in [4.78, 5) is 2.36. The number of sulfonamides is 1. The Balaban J connectivity index is 1.83. The van der Waals surface area contributed by atoms with E-state index in [-0.39, 0.29) is 23.3 Å². The molecule has 1 aliphatic heterocycles. The van der Waals surface area contributed by atoms with E-state index in [1.54, 1.807) is 31.4 Å². The number of nitrogens with one attached hydrogen (secondary N) is 1. The summed E-state index contributed by atoms with van der Waals surface area (Å²) >= 11 is 0. The van der Waals surface area contributed by atoms with Gasteiger partial charge in [0.2, 0.25) is 10.0 Å². The van der Waals surface area contributed by atoms with Crippen molar-refractivity contribution in [1.82, 2.24) is 9.62 Å². The van der Waals surface area contributed by atoms with Crippen LogP contribution in [0.3, 0.4) is 0 Å². The molecular weight excluding hydrogens is 395 g/mol. The van der Waals surface area contributed by atoms with Crippen molar-refractivity contribution in [3.63, 3.8) is 0 Å². The van der Waals surface area contributed by atoms with Crippen molar-refractivity contribution in [2.75, 3.05) is 40.0 Å². The van der Waals surface area contributed by atoms with E-state index in [0.717, 1.165) is 16.7 Å². The molecule has 1 fully saturated rings. The van der Waals surface area contributed by atoms with Gasteiger partial charge in [0.25, 0.3) is 0 Å². The molecule has 2 aromatic carbocycles. The van der Waals surface area contributed by atoms with Gasteiger partial charge in [-0.1, -0.05) is 12.1 Å². The molecule has 0 saturated carbocycles. The molecule has 1 atom stereocenters. The average molecular weight is 423 g/mol. The Kier molecular flexibility index (Phi) is 6.89. The van der Waals surface area contributed by atoms with Crippen LogP contribution in [0.2, 0.25) is 0 Å². The number of halogens is 1. The van der Waals surface area contributed by atoms with Gasteiger partial charge in [-0.3, -0.25) is 4.90 Å². The molecule has 0 aliphatic carbocycles. The van der Waals surface area contributed by atoms with E-state index in [0.29, 0.717) is 32.1 Å². The summed E-state index contributed by atoms with van der Waals surface area (Å²) in [6, 6.07) is 9.19. The minimum absolute atomic E-state index is 0.179. The first-order valence-electron chi connectivity index (χ1n) is 9.54. The lowest BCUT2D eigenvalue weighted by Gasteiger charge is -2.35. The molecule has 29 heavy (non-hydrogen) atoms. The van der Waals surface area contributed by atoms with E-state index >= 15 is 0 Å². The van der Waals surface area contributed by atoms with E-state index in [1.807, 2.05) is 13.8 Å². The Bertz CT molecular complexity index is 919. The number of nitrogens with zero attached hydrogens (tertiary/aromatic N) is 1. The van der Waals surface area contributed by atoms with E-state index in [4.69, 9.17) is 9.47 Å². The maximum Gasteiger partial charge on any atom is 0.240 e. The van der Waals surface area contributed by atoms with Crippen LogP contribution in [0.4, 0.5) is 4.39 Å². The molecule has 1 unspecified atom stereocenters. The zero-order chi connectivity index (χ0) is 21.0. The molecule has 158 valence electrons. The molecule has 2 aromatic rings. The molecule has 1 N–H and O–H groups in total. The fourth-order valence-corrected chi connectivity index (χ4v) is 4.90. The molecule has 1 heterocycles. The minimum Gasteiger partial charge on any atom is -0.496 e. The molecule has 3 rings (SSSR count). The quantitative estimate of drug-likeness (QED) is 0.743. The number of aryl methyl sites for hydroxylation is 2. The number of methoxy groups -OCH3 is 1. The topological polar surface area (TPSA) is 67.9 Å². The number of ether oxygens (including phenoxy) is 2. The number of benzene rings is 2. The molecular formula is C21H27FN2O4S. The van der Waals surface area contributed by atoms with Crippen molar-refractivity contribution in [1.29, 1.82) is 0 Å². The highest BCUT2D eigenvalue weighted by Gasteiger charge is 2.25. The number of hydrogen-bond donors (Lipinski definition) is 1. The van der Waals surface area contributed by atoms with Crippen molar-refractivity contribution >= 4 is 10.0 Å². The monoisotopic (exact) mass is 422 g/mol. The summed E-state index contributed by atoms with van der Waals surface area (Å²) in [5.74, 6) is 0.362. The van der Waals surface area contributed by atoms with Gasteiger partial charge in [0.1, 0.15) is 11.6 Å². The summed E-state index contributed by atoms with van der Waals surface area (Å²) in [7, 11) is -2.15. The molecule has 6 nitrogen and oxygen atoms in total. The van der Waals surface area contributed by atoms with E-state index in [9.17, 15) is 12.8 Å². The summed E-state index contributed by atoms with van der Waals surface area (Å²) in [5, 5.41) is 0. The summed E-state index contributed by atoms with van der Waals surface area (Å²) in [5.41, 5.74) is 2.38. The molecule has 0 aromatic heterocycles. The third kappa shape index (κ3) is 5.14. The molecule has 1 aliphatic rings. The highest BCUT2D eigenvalue weighted by molar-refractivity contribution is 7.89. The Morgan fingerprint density at radius 1 is 1.14 bits per heavy atom. The van der Waals surface area contributed by atoms with Gasteiger partial charge in [0.05, 0.1) is 25.2 Å². The highest BCUT2D eigenvalue weighted by Crippen LogP contribution is 2.27. The minimum atomic E-state index is -3.72. The van der Waals surface area contributed by atoms with Gasteiger partial charge in [-0.15, -0.1) is 0 Å². The van der Waals surface area contributed by atoms with Crippen LogP contribution in [-0.2, 0) is 14.8 Å². The van der Waals surface area contributed by atoms with Crippen molar-refractivity contribution in [3.05, 3.63) is 58.9 Å². The Hall–Kier alpha value is -2.00. The fraction of sp³-hybridized carbons (Fsp3) is 0.429. The number of hydrogen-bond acceptors (Lipinski definition) is 5. The third-order valence-corrected chi connectivity index (χ3v) is 6.56. The maximum atomic E-state index is 13.4. The zero-order valence-corrected chi connectivity index (χ0v) is 17.8. The lowest BCUT2D eigenvalue weighted by molar-refractivity contribution is 0.0172. The normalized spacial score (nSPS) is 16.6. The smallest absolute Gasteiger partial charge is 0.240 e. The first kappa shape index (κ1) is 21.7. The largest absolute Gasteiger partial charge is 0.496 e. The second kappa shape index (κ2) is 9.21. The molecule has 0 amide bonds. The average Bonchev–Trinajstić information content (AvgIpc) is 2.70. The van der Waals surface area contributed by atoms with Crippen molar-refractivity contribution in [3.8, 4) is 5.75 Å². The Morgan fingerprint density at radius 3 is 2.28 bits per heavy atom. The first-order chi connectivity index (χ1) is 13.8. The number of rotatable bonds is 7. The summed E-state index contributed by atoms with van der Waals surface area (Å²) in [6.45, 7) is 6.36. The van der Waals surface area contributed by atoms with Crippen molar-refractivity contribution < 1.29 is 22.3 Å². The maximum absolute atomic E-state index is 13.4. The lowest BCUT2D eigenvalue weighted by Crippen LogP contribution is -2.43. The van der Waals surface area contributed by atoms with Gasteiger partial charge in [0, 0.05) is 25.7 Å². The van der Waals surface area contributed by atoms with E-state index < -0.39 is 10.0 Å². The predicted octanol–water partition coefficient (Wildman–Crippen LogP) is 2.80. The Morgan fingerprint density at radius 2 is 1.72 bits per heavy atom. The van der Waals surface area contributed by atoms with Crippen LogP contribution in [0.15, 0.2) is 41.3 Å². The molecule has 1 saturated heterocycles. The molecule has 8 heteroatoms. The van der Waals surface area contributed by atoms with Gasteiger partial charge in [-0.05, 0) is 54.8 Å². The van der Waals surface area contributed by atoms with Gasteiger partial charge < -0.3 is 9.47 Å².